The van der Waals surface area contributed by atoms with Crippen LogP contribution in [0.15, 0.2) is 29.2 Å². The first kappa shape index (κ1) is 18.4. The number of esters is 1. The summed E-state index contributed by atoms with van der Waals surface area (Å²) in [5.41, 5.74) is 0.853. The summed E-state index contributed by atoms with van der Waals surface area (Å²) in [6.45, 7) is -0.0201. The van der Waals surface area contributed by atoms with Crippen LogP contribution in [0.25, 0.3) is 6.08 Å². The third-order valence-corrected chi connectivity index (χ3v) is 4.44. The molecule has 1 aromatic carbocycles. The summed E-state index contributed by atoms with van der Waals surface area (Å²) in [5, 5.41) is 0. The molecule has 1 fully saturated rings. The molecule has 0 aromatic heterocycles. The van der Waals surface area contributed by atoms with Crippen LogP contribution in [-0.2, 0) is 14.3 Å². The zero-order valence-corrected chi connectivity index (χ0v) is 15.3. The Bertz CT molecular complexity index is 671. The number of methoxy groups -OCH3 is 1. The van der Waals surface area contributed by atoms with Crippen molar-refractivity contribution in [3.05, 3.63) is 34.7 Å². The largest absolute Gasteiger partial charge is 0.497 e. The highest BCUT2D eigenvalue weighted by atomic mass is 32.2. The van der Waals surface area contributed by atoms with Gasteiger partial charge in [-0.1, -0.05) is 36.1 Å². The van der Waals surface area contributed by atoms with Crippen molar-refractivity contribution in [1.29, 1.82) is 0 Å². The average Bonchev–Trinajstić information content (AvgIpc) is 2.81. The van der Waals surface area contributed by atoms with Gasteiger partial charge in [0.2, 0.25) is 0 Å². The van der Waals surface area contributed by atoms with Gasteiger partial charge in [0.25, 0.3) is 5.91 Å². The van der Waals surface area contributed by atoms with E-state index in [0.717, 1.165) is 11.3 Å². The van der Waals surface area contributed by atoms with Gasteiger partial charge >= 0.3 is 5.97 Å². The normalized spacial score (nSPS) is 16.2. The van der Waals surface area contributed by atoms with Crippen LogP contribution < -0.4 is 4.74 Å². The fraction of sp³-hybridized carbons (Fsp3) is 0.312. The first-order valence-electron chi connectivity index (χ1n) is 7.10. The number of benzene rings is 1. The molecule has 0 spiro atoms. The van der Waals surface area contributed by atoms with E-state index in [4.69, 9.17) is 21.7 Å². The summed E-state index contributed by atoms with van der Waals surface area (Å²) >= 11 is 6.37. The minimum atomic E-state index is -0.495. The molecular formula is C16H18N2O4S2. The topological polar surface area (TPSA) is 59.1 Å². The molecule has 24 heavy (non-hydrogen) atoms. The molecule has 1 aliphatic heterocycles. The number of hydrogen-bond donors (Lipinski definition) is 0. The number of nitrogens with zero attached hydrogens (tertiary/aromatic N) is 2. The summed E-state index contributed by atoms with van der Waals surface area (Å²) < 4.78 is 10.5. The summed E-state index contributed by atoms with van der Waals surface area (Å²) in [6, 6.07) is 7.31. The van der Waals surface area contributed by atoms with E-state index >= 15 is 0 Å². The Morgan fingerprint density at radius 2 is 2.00 bits per heavy atom. The molecule has 0 aliphatic carbocycles. The fourth-order valence-corrected chi connectivity index (χ4v) is 3.12. The van der Waals surface area contributed by atoms with Crippen molar-refractivity contribution in [3.8, 4) is 5.75 Å². The molecule has 0 saturated carbocycles. The number of hydrogen-bond acceptors (Lipinski definition) is 7. The lowest BCUT2D eigenvalue weighted by Crippen LogP contribution is -2.35. The Morgan fingerprint density at radius 3 is 2.58 bits per heavy atom. The van der Waals surface area contributed by atoms with Gasteiger partial charge in [0.05, 0.1) is 12.0 Å². The Morgan fingerprint density at radius 1 is 1.33 bits per heavy atom. The molecule has 0 radical (unpaired) electrons. The van der Waals surface area contributed by atoms with Gasteiger partial charge in [-0.3, -0.25) is 19.4 Å². The molecule has 1 saturated heterocycles. The Balaban J connectivity index is 2.04. The number of amides is 1. The second-order valence-electron chi connectivity index (χ2n) is 5.27. The number of carbonyl (C=O) groups is 2. The SMILES string of the molecule is COc1ccc(/C=C2\SC(=S)N(CC(=O)OCN(C)C)C2=O)cc1. The third-order valence-electron chi connectivity index (χ3n) is 3.06. The predicted molar refractivity (Wildman–Crippen MR) is 97.5 cm³/mol. The van der Waals surface area contributed by atoms with Crippen molar-refractivity contribution in [2.45, 2.75) is 0 Å². The highest BCUT2D eigenvalue weighted by molar-refractivity contribution is 8.26. The highest BCUT2D eigenvalue weighted by Gasteiger charge is 2.33. The van der Waals surface area contributed by atoms with Gasteiger partial charge < -0.3 is 9.47 Å². The van der Waals surface area contributed by atoms with E-state index in [9.17, 15) is 9.59 Å². The summed E-state index contributed by atoms with van der Waals surface area (Å²) in [7, 11) is 5.16. The molecular weight excluding hydrogens is 348 g/mol. The monoisotopic (exact) mass is 366 g/mol. The van der Waals surface area contributed by atoms with E-state index in [1.165, 1.54) is 16.7 Å². The minimum absolute atomic E-state index is 0.162. The maximum atomic E-state index is 12.4. The quantitative estimate of drug-likeness (QED) is 0.330. The first-order chi connectivity index (χ1) is 11.4. The van der Waals surface area contributed by atoms with Crippen molar-refractivity contribution in [2.75, 3.05) is 34.5 Å². The third kappa shape index (κ3) is 4.80. The van der Waals surface area contributed by atoms with Gasteiger partial charge in [-0.2, -0.15) is 0 Å². The molecule has 0 N–H and O–H groups in total. The van der Waals surface area contributed by atoms with E-state index in [0.29, 0.717) is 9.23 Å². The average molecular weight is 366 g/mol. The molecule has 0 unspecified atom stereocenters. The van der Waals surface area contributed by atoms with Crippen molar-refractivity contribution >= 4 is 46.3 Å². The number of ether oxygens (including phenoxy) is 2. The van der Waals surface area contributed by atoms with E-state index in [2.05, 4.69) is 0 Å². The smallest absolute Gasteiger partial charge is 0.327 e. The van der Waals surface area contributed by atoms with Crippen LogP contribution in [0.3, 0.4) is 0 Å². The van der Waals surface area contributed by atoms with Gasteiger partial charge in [0.1, 0.15) is 23.3 Å². The molecule has 2 rings (SSSR count). The van der Waals surface area contributed by atoms with Crippen LogP contribution in [0, 0.1) is 0 Å². The number of thiocarbonyl (C=S) groups is 1. The highest BCUT2D eigenvalue weighted by Crippen LogP contribution is 2.32. The van der Waals surface area contributed by atoms with Gasteiger partial charge in [-0.05, 0) is 37.9 Å². The summed E-state index contributed by atoms with van der Waals surface area (Å²) in [4.78, 5) is 27.7. The number of thioether (sulfide) groups is 1. The number of rotatable bonds is 6. The lowest BCUT2D eigenvalue weighted by atomic mass is 10.2. The molecule has 128 valence electrons. The molecule has 0 atom stereocenters. The molecule has 1 aromatic rings. The fourth-order valence-electron chi connectivity index (χ4n) is 1.86. The predicted octanol–water partition coefficient (Wildman–Crippen LogP) is 1.96. The molecule has 6 nitrogen and oxygen atoms in total. The van der Waals surface area contributed by atoms with Crippen LogP contribution in [-0.4, -0.2) is 60.5 Å². The van der Waals surface area contributed by atoms with E-state index in [1.54, 1.807) is 32.2 Å². The molecule has 1 aliphatic rings. The van der Waals surface area contributed by atoms with Gasteiger partial charge in [0.15, 0.2) is 0 Å². The van der Waals surface area contributed by atoms with Crippen LogP contribution in [0.5, 0.6) is 5.75 Å². The molecule has 8 heteroatoms. The van der Waals surface area contributed by atoms with E-state index < -0.39 is 5.97 Å². The van der Waals surface area contributed by atoms with Crippen LogP contribution in [0.2, 0.25) is 0 Å². The lowest BCUT2D eigenvalue weighted by molar-refractivity contribution is -0.149. The Labute approximate surface area is 150 Å². The van der Waals surface area contributed by atoms with Crippen molar-refractivity contribution in [2.24, 2.45) is 0 Å². The standard InChI is InChI=1S/C16H18N2O4S2/c1-17(2)10-22-14(19)9-18-15(20)13(24-16(18)23)8-11-4-6-12(21-3)7-5-11/h4-8H,9-10H2,1-3H3/b13-8-. The van der Waals surface area contributed by atoms with E-state index in [-0.39, 0.29) is 19.2 Å². The van der Waals surface area contributed by atoms with Crippen LogP contribution >= 0.6 is 24.0 Å². The van der Waals surface area contributed by atoms with E-state index in [1.807, 2.05) is 24.3 Å². The minimum Gasteiger partial charge on any atom is -0.497 e. The van der Waals surface area contributed by atoms with Gasteiger partial charge in [0, 0.05) is 0 Å². The Hall–Kier alpha value is -1.90. The maximum absolute atomic E-state index is 12.4. The van der Waals surface area contributed by atoms with Crippen molar-refractivity contribution in [1.82, 2.24) is 9.80 Å². The molecule has 1 heterocycles. The zero-order chi connectivity index (χ0) is 17.7. The molecule has 0 bridgehead atoms. The van der Waals surface area contributed by atoms with Gasteiger partial charge in [-0.25, -0.2) is 0 Å². The van der Waals surface area contributed by atoms with Crippen molar-refractivity contribution < 1.29 is 19.1 Å². The second kappa shape index (κ2) is 8.27. The lowest BCUT2D eigenvalue weighted by Gasteiger charge is -2.15. The first-order valence-corrected chi connectivity index (χ1v) is 8.33. The maximum Gasteiger partial charge on any atom is 0.327 e. The summed E-state index contributed by atoms with van der Waals surface area (Å²) in [5.74, 6) is -0.0448. The number of carbonyl (C=O) groups excluding carboxylic acids is 2. The molecule has 1 amide bonds. The van der Waals surface area contributed by atoms with Crippen LogP contribution in [0.4, 0.5) is 0 Å². The van der Waals surface area contributed by atoms with Crippen LogP contribution in [0.1, 0.15) is 5.56 Å². The summed E-state index contributed by atoms with van der Waals surface area (Å²) in [6.07, 6.45) is 1.74. The second-order valence-corrected chi connectivity index (χ2v) is 6.94. The van der Waals surface area contributed by atoms with Crippen molar-refractivity contribution in [3.63, 3.8) is 0 Å². The van der Waals surface area contributed by atoms with Gasteiger partial charge in [-0.15, -0.1) is 0 Å². The zero-order valence-electron chi connectivity index (χ0n) is 13.6. The Kier molecular flexibility index (Phi) is 6.36.